The van der Waals surface area contributed by atoms with Crippen molar-refractivity contribution in [1.82, 2.24) is 4.98 Å². The SMILES string of the molecule is [C-]#[N+]Cc1cc2c3c([n+](C)cnc3c1)-c1c(c3c4c(cccc4c1C)CCC3)O2. The largest absolute Gasteiger partial charge is 0.455 e. The predicted octanol–water partition coefficient (Wildman–Crippen LogP) is 5.20. The Morgan fingerprint density at radius 1 is 1.21 bits per heavy atom. The summed E-state index contributed by atoms with van der Waals surface area (Å²) < 4.78 is 8.75. The fraction of sp³-hybridized carbons (Fsp3) is 0.240. The molecule has 3 aromatic carbocycles. The smallest absolute Gasteiger partial charge is 0.287 e. The van der Waals surface area contributed by atoms with Crippen molar-refractivity contribution < 1.29 is 9.30 Å². The van der Waals surface area contributed by atoms with Crippen molar-refractivity contribution in [1.29, 1.82) is 0 Å². The van der Waals surface area contributed by atoms with Gasteiger partial charge < -0.3 is 9.58 Å². The Balaban J connectivity index is 1.80. The number of rotatable bonds is 1. The molecule has 4 nitrogen and oxygen atoms in total. The molecule has 2 aliphatic rings. The summed E-state index contributed by atoms with van der Waals surface area (Å²) in [5.74, 6) is 1.82. The zero-order valence-electron chi connectivity index (χ0n) is 16.5. The van der Waals surface area contributed by atoms with Crippen LogP contribution in [0.5, 0.6) is 11.5 Å². The van der Waals surface area contributed by atoms with E-state index in [4.69, 9.17) is 11.3 Å². The maximum Gasteiger partial charge on any atom is 0.287 e. The van der Waals surface area contributed by atoms with Crippen LogP contribution in [0.3, 0.4) is 0 Å². The minimum atomic E-state index is 0.338. The number of ether oxygens (including phenoxy) is 1. The van der Waals surface area contributed by atoms with Crippen molar-refractivity contribution in [2.24, 2.45) is 7.05 Å². The molecule has 4 heteroatoms. The third kappa shape index (κ3) is 2.13. The molecule has 0 saturated carbocycles. The second-order valence-electron chi connectivity index (χ2n) is 8.11. The lowest BCUT2D eigenvalue weighted by molar-refractivity contribution is -0.662. The lowest BCUT2D eigenvalue weighted by Crippen LogP contribution is -2.33. The van der Waals surface area contributed by atoms with Gasteiger partial charge in [-0.05, 0) is 59.1 Å². The Kier molecular flexibility index (Phi) is 3.29. The molecule has 0 N–H and O–H groups in total. The van der Waals surface area contributed by atoms with Crippen LogP contribution in [0.25, 0.3) is 37.8 Å². The fourth-order valence-electron chi connectivity index (χ4n) is 5.19. The molecule has 0 atom stereocenters. The van der Waals surface area contributed by atoms with Crippen molar-refractivity contribution in [3.8, 4) is 22.8 Å². The number of hydrogen-bond donors (Lipinski definition) is 0. The van der Waals surface area contributed by atoms with E-state index in [0.717, 1.165) is 52.9 Å². The van der Waals surface area contributed by atoms with E-state index in [0.29, 0.717) is 6.54 Å². The molecule has 140 valence electrons. The molecule has 2 heterocycles. The monoisotopic (exact) mass is 378 g/mol. The summed E-state index contributed by atoms with van der Waals surface area (Å²) in [5, 5.41) is 3.75. The molecule has 0 spiro atoms. The normalized spacial score (nSPS) is 13.8. The molecule has 0 amide bonds. The van der Waals surface area contributed by atoms with Crippen molar-refractivity contribution in [2.45, 2.75) is 32.7 Å². The van der Waals surface area contributed by atoms with E-state index >= 15 is 0 Å². The zero-order chi connectivity index (χ0) is 19.7. The average molecular weight is 378 g/mol. The lowest BCUT2D eigenvalue weighted by atomic mass is 9.82. The summed E-state index contributed by atoms with van der Waals surface area (Å²) in [6.45, 7) is 9.81. The first-order valence-corrected chi connectivity index (χ1v) is 10.1. The van der Waals surface area contributed by atoms with Gasteiger partial charge in [0.05, 0.1) is 12.6 Å². The topological polar surface area (TPSA) is 30.4 Å². The van der Waals surface area contributed by atoms with Gasteiger partial charge in [0.25, 0.3) is 6.33 Å². The van der Waals surface area contributed by atoms with Crippen molar-refractivity contribution in [3.05, 3.63) is 70.3 Å². The van der Waals surface area contributed by atoms with Crippen LogP contribution in [0.1, 0.15) is 28.7 Å². The van der Waals surface area contributed by atoms with E-state index in [2.05, 4.69) is 46.6 Å². The van der Waals surface area contributed by atoms with Gasteiger partial charge >= 0.3 is 0 Å². The highest BCUT2D eigenvalue weighted by atomic mass is 16.5. The van der Waals surface area contributed by atoms with E-state index < -0.39 is 0 Å². The molecule has 4 aromatic rings. The first kappa shape index (κ1) is 16.5. The van der Waals surface area contributed by atoms with Gasteiger partial charge in [-0.3, -0.25) is 0 Å². The Labute approximate surface area is 169 Å². The van der Waals surface area contributed by atoms with Gasteiger partial charge in [-0.15, -0.1) is 0 Å². The van der Waals surface area contributed by atoms with Gasteiger partial charge in [0, 0.05) is 17.2 Å². The van der Waals surface area contributed by atoms with Gasteiger partial charge in [0.2, 0.25) is 6.54 Å². The number of aryl methyl sites for hydroxylation is 4. The van der Waals surface area contributed by atoms with Crippen LogP contribution >= 0.6 is 0 Å². The summed E-state index contributed by atoms with van der Waals surface area (Å²) in [6, 6.07) is 10.7. The van der Waals surface area contributed by atoms with Gasteiger partial charge in [-0.1, -0.05) is 18.2 Å². The summed E-state index contributed by atoms with van der Waals surface area (Å²) in [4.78, 5) is 8.20. The van der Waals surface area contributed by atoms with Crippen molar-refractivity contribution in [3.63, 3.8) is 0 Å². The van der Waals surface area contributed by atoms with Gasteiger partial charge in [-0.25, -0.2) is 11.1 Å². The minimum absolute atomic E-state index is 0.338. The molecule has 0 radical (unpaired) electrons. The molecular weight excluding hydrogens is 358 g/mol. The number of fused-ring (bicyclic) bond motifs is 3. The Morgan fingerprint density at radius 3 is 2.97 bits per heavy atom. The maximum absolute atomic E-state index is 7.26. The maximum atomic E-state index is 7.26. The highest BCUT2D eigenvalue weighted by Gasteiger charge is 2.33. The average Bonchev–Trinajstić information content (AvgIpc) is 2.74. The van der Waals surface area contributed by atoms with E-state index in [1.165, 1.54) is 33.0 Å². The minimum Gasteiger partial charge on any atom is -0.455 e. The second kappa shape index (κ2) is 5.78. The van der Waals surface area contributed by atoms with Crippen LogP contribution in [-0.4, -0.2) is 4.98 Å². The molecular formula is C25H20N3O+. The van der Waals surface area contributed by atoms with Crippen LogP contribution in [0.15, 0.2) is 36.7 Å². The highest BCUT2D eigenvalue weighted by Crippen LogP contribution is 2.52. The van der Waals surface area contributed by atoms with Crippen molar-refractivity contribution in [2.75, 3.05) is 0 Å². The fourth-order valence-corrected chi connectivity index (χ4v) is 5.19. The molecule has 0 fully saturated rings. The van der Waals surface area contributed by atoms with Gasteiger partial charge in [-0.2, -0.15) is 0 Å². The summed E-state index contributed by atoms with van der Waals surface area (Å²) in [7, 11) is 2.05. The standard InChI is InChI=1S/C25H20N3O/c1-14-17-8-4-6-16-7-5-9-18(22(16)17)25-21(14)24-23-19(27-13-28(24)3)10-15(12-26-2)11-20(23)29-25/h4,6,8,10-11,13H,5,7,9,12H2,1,3H3/q+1. The molecule has 0 unspecified atom stereocenters. The third-order valence-corrected chi connectivity index (χ3v) is 6.42. The Bertz CT molecular complexity index is 1410. The Hall–Kier alpha value is -3.45. The summed E-state index contributed by atoms with van der Waals surface area (Å²) in [5.41, 5.74) is 8.20. The van der Waals surface area contributed by atoms with Crippen LogP contribution in [0, 0.1) is 13.5 Å². The van der Waals surface area contributed by atoms with Gasteiger partial charge in [0.1, 0.15) is 16.9 Å². The van der Waals surface area contributed by atoms with E-state index in [1.807, 2.05) is 18.5 Å². The molecule has 1 aliphatic heterocycles. The van der Waals surface area contributed by atoms with Gasteiger partial charge in [0.15, 0.2) is 11.2 Å². The number of nitrogens with zero attached hydrogens (tertiary/aromatic N) is 3. The number of benzene rings is 3. The molecule has 29 heavy (non-hydrogen) atoms. The summed E-state index contributed by atoms with van der Waals surface area (Å²) >= 11 is 0. The van der Waals surface area contributed by atoms with Crippen LogP contribution in [0.4, 0.5) is 0 Å². The lowest BCUT2D eigenvalue weighted by Gasteiger charge is -2.28. The van der Waals surface area contributed by atoms with Crippen molar-refractivity contribution >= 4 is 21.7 Å². The molecule has 0 bridgehead atoms. The van der Waals surface area contributed by atoms with E-state index in [1.54, 1.807) is 0 Å². The number of aromatic nitrogens is 2. The Morgan fingerprint density at radius 2 is 2.10 bits per heavy atom. The first-order valence-electron chi connectivity index (χ1n) is 10.1. The zero-order valence-corrected chi connectivity index (χ0v) is 16.5. The van der Waals surface area contributed by atoms with E-state index in [9.17, 15) is 0 Å². The summed E-state index contributed by atoms with van der Waals surface area (Å²) in [6.07, 6.45) is 5.18. The molecule has 0 saturated heterocycles. The van der Waals surface area contributed by atoms with Crippen LogP contribution in [0.2, 0.25) is 0 Å². The molecule has 1 aliphatic carbocycles. The molecule has 1 aromatic heterocycles. The molecule has 6 rings (SSSR count). The quantitative estimate of drug-likeness (QED) is 0.296. The number of hydrogen-bond acceptors (Lipinski definition) is 2. The van der Waals surface area contributed by atoms with Crippen LogP contribution in [-0.2, 0) is 26.4 Å². The predicted molar refractivity (Wildman–Crippen MR) is 113 cm³/mol. The van der Waals surface area contributed by atoms with E-state index in [-0.39, 0.29) is 0 Å². The first-order chi connectivity index (χ1) is 14.2. The second-order valence-corrected chi connectivity index (χ2v) is 8.11. The third-order valence-electron chi connectivity index (χ3n) is 6.42. The van der Waals surface area contributed by atoms with Crippen LogP contribution < -0.4 is 9.30 Å². The highest BCUT2D eigenvalue weighted by molar-refractivity contribution is 6.06.